The van der Waals surface area contributed by atoms with Gasteiger partial charge in [0.25, 0.3) is 0 Å². The lowest BCUT2D eigenvalue weighted by Gasteiger charge is -2.14. The fraction of sp³-hybridized carbons (Fsp3) is 0.214. The smallest absolute Gasteiger partial charge is 0.346 e. The highest BCUT2D eigenvalue weighted by Gasteiger charge is 2.38. The van der Waals surface area contributed by atoms with Crippen molar-refractivity contribution >= 4 is 33.5 Å². The van der Waals surface area contributed by atoms with Crippen LogP contribution in [0.25, 0.3) is 11.4 Å². The summed E-state index contributed by atoms with van der Waals surface area (Å²) in [5.74, 6) is -1.45. The third-order valence-electron chi connectivity index (χ3n) is 3.17. The van der Waals surface area contributed by atoms with E-state index in [1.165, 1.54) is 12.4 Å². The van der Waals surface area contributed by atoms with Crippen LogP contribution in [-0.2, 0) is 6.18 Å². The van der Waals surface area contributed by atoms with Gasteiger partial charge in [-0.25, -0.2) is 9.97 Å². The van der Waals surface area contributed by atoms with Crippen molar-refractivity contribution < 1.29 is 17.7 Å². The van der Waals surface area contributed by atoms with Crippen LogP contribution >= 0.6 is 27.5 Å². The number of alkyl halides is 3. The number of halogens is 5. The molecule has 3 rings (SSSR count). The quantitative estimate of drug-likeness (QED) is 0.626. The van der Waals surface area contributed by atoms with Crippen molar-refractivity contribution in [2.24, 2.45) is 0 Å². The highest BCUT2D eigenvalue weighted by Crippen LogP contribution is 2.29. The Hall–Kier alpha value is -2.27. The Morgan fingerprint density at radius 2 is 1.88 bits per heavy atom. The van der Waals surface area contributed by atoms with E-state index in [1.807, 2.05) is 6.92 Å². The molecular formula is C14H9BrClF3N6O. The van der Waals surface area contributed by atoms with Gasteiger partial charge < -0.3 is 9.84 Å². The maximum atomic E-state index is 12.5. The maximum Gasteiger partial charge on any atom is 0.471 e. The normalized spacial score (nSPS) is 12.8. The molecule has 3 aromatic rings. The Labute approximate surface area is 158 Å². The standard InChI is InChI=1S/C14H9BrClF3N6O/c1-6(10-9(16)2-8(15)5-20-10)23-13-21-3-7(4-22-13)11-24-12(26-25-11)14(17,18)19/h2-6H,1H3,(H,21,22,23). The number of pyridine rings is 1. The molecule has 26 heavy (non-hydrogen) atoms. The SMILES string of the molecule is CC(Nc1ncc(-c2noc(C(F)(F)F)n2)cn1)c1ncc(Br)cc1Cl. The van der Waals surface area contributed by atoms with Gasteiger partial charge in [-0.1, -0.05) is 16.8 Å². The number of nitrogens with zero attached hydrogens (tertiary/aromatic N) is 5. The molecule has 1 unspecified atom stereocenters. The zero-order valence-corrected chi connectivity index (χ0v) is 15.3. The van der Waals surface area contributed by atoms with Crippen molar-refractivity contribution in [3.8, 4) is 11.4 Å². The summed E-state index contributed by atoms with van der Waals surface area (Å²) in [4.78, 5) is 15.6. The fourth-order valence-electron chi connectivity index (χ4n) is 1.98. The number of anilines is 1. The summed E-state index contributed by atoms with van der Waals surface area (Å²) in [6.45, 7) is 1.81. The molecule has 3 heterocycles. The molecule has 0 saturated carbocycles. The lowest BCUT2D eigenvalue weighted by Crippen LogP contribution is -2.11. The van der Waals surface area contributed by atoms with Crippen LogP contribution in [0.5, 0.6) is 0 Å². The van der Waals surface area contributed by atoms with Crippen LogP contribution in [0.3, 0.4) is 0 Å². The zero-order chi connectivity index (χ0) is 18.9. The molecule has 0 aliphatic heterocycles. The van der Waals surface area contributed by atoms with Gasteiger partial charge in [-0.2, -0.15) is 18.2 Å². The van der Waals surface area contributed by atoms with Crippen molar-refractivity contribution in [2.75, 3.05) is 5.32 Å². The molecule has 0 fully saturated rings. The molecule has 0 saturated heterocycles. The van der Waals surface area contributed by atoms with Crippen LogP contribution in [-0.4, -0.2) is 25.1 Å². The van der Waals surface area contributed by atoms with Crippen LogP contribution in [0.1, 0.15) is 24.6 Å². The van der Waals surface area contributed by atoms with Crippen molar-refractivity contribution in [1.82, 2.24) is 25.1 Å². The summed E-state index contributed by atoms with van der Waals surface area (Å²) in [6, 6.07) is 1.41. The average molecular weight is 450 g/mol. The van der Waals surface area contributed by atoms with E-state index in [0.29, 0.717) is 10.7 Å². The van der Waals surface area contributed by atoms with E-state index in [0.717, 1.165) is 4.47 Å². The van der Waals surface area contributed by atoms with E-state index in [4.69, 9.17) is 11.6 Å². The van der Waals surface area contributed by atoms with E-state index in [1.54, 1.807) is 12.3 Å². The fourth-order valence-corrected chi connectivity index (χ4v) is 2.77. The van der Waals surface area contributed by atoms with Gasteiger partial charge in [0.05, 0.1) is 22.3 Å². The van der Waals surface area contributed by atoms with Gasteiger partial charge >= 0.3 is 12.1 Å². The van der Waals surface area contributed by atoms with Crippen molar-refractivity contribution in [2.45, 2.75) is 19.1 Å². The summed E-state index contributed by atoms with van der Waals surface area (Å²) in [5, 5.41) is 6.73. The molecule has 0 spiro atoms. The second kappa shape index (κ2) is 7.16. The van der Waals surface area contributed by atoms with Gasteiger partial charge in [0.2, 0.25) is 11.8 Å². The predicted molar refractivity (Wildman–Crippen MR) is 89.3 cm³/mol. The molecule has 0 radical (unpaired) electrons. The second-order valence-electron chi connectivity index (χ2n) is 5.10. The lowest BCUT2D eigenvalue weighted by molar-refractivity contribution is -0.159. The number of hydrogen-bond acceptors (Lipinski definition) is 7. The van der Waals surface area contributed by atoms with Crippen LogP contribution in [0, 0.1) is 0 Å². The van der Waals surface area contributed by atoms with E-state index >= 15 is 0 Å². The lowest BCUT2D eigenvalue weighted by atomic mass is 10.2. The molecule has 0 aliphatic rings. The summed E-state index contributed by atoms with van der Waals surface area (Å²) in [6.07, 6.45) is -0.537. The van der Waals surface area contributed by atoms with Crippen LogP contribution in [0.2, 0.25) is 5.02 Å². The van der Waals surface area contributed by atoms with E-state index in [9.17, 15) is 13.2 Å². The Bertz CT molecular complexity index is 918. The first-order chi connectivity index (χ1) is 12.2. The van der Waals surface area contributed by atoms with Gasteiger partial charge in [0.1, 0.15) is 0 Å². The van der Waals surface area contributed by atoms with E-state index < -0.39 is 12.1 Å². The van der Waals surface area contributed by atoms with Gasteiger partial charge in [-0.05, 0) is 28.9 Å². The van der Waals surface area contributed by atoms with Crippen LogP contribution < -0.4 is 5.32 Å². The minimum atomic E-state index is -4.71. The van der Waals surface area contributed by atoms with Crippen molar-refractivity contribution in [3.63, 3.8) is 0 Å². The summed E-state index contributed by atoms with van der Waals surface area (Å²) in [5.41, 5.74) is 0.776. The van der Waals surface area contributed by atoms with Gasteiger partial charge in [-0.3, -0.25) is 4.98 Å². The number of nitrogens with one attached hydrogen (secondary N) is 1. The minimum absolute atomic E-state index is 0.183. The molecule has 0 aromatic carbocycles. The second-order valence-corrected chi connectivity index (χ2v) is 6.43. The first-order valence-corrected chi connectivity index (χ1v) is 8.22. The Kier molecular flexibility index (Phi) is 5.10. The van der Waals surface area contributed by atoms with Crippen molar-refractivity contribution in [3.05, 3.63) is 45.7 Å². The number of rotatable bonds is 4. The molecule has 12 heteroatoms. The molecule has 0 bridgehead atoms. The molecular weight excluding hydrogens is 441 g/mol. The highest BCUT2D eigenvalue weighted by atomic mass is 79.9. The third kappa shape index (κ3) is 4.10. The molecule has 1 atom stereocenters. The molecule has 1 N–H and O–H groups in total. The first-order valence-electron chi connectivity index (χ1n) is 7.05. The van der Waals surface area contributed by atoms with Gasteiger partial charge in [0, 0.05) is 23.1 Å². The Morgan fingerprint density at radius 1 is 1.19 bits per heavy atom. The molecule has 136 valence electrons. The Balaban J connectivity index is 1.74. The largest absolute Gasteiger partial charge is 0.471 e. The minimum Gasteiger partial charge on any atom is -0.346 e. The third-order valence-corrected chi connectivity index (χ3v) is 3.91. The van der Waals surface area contributed by atoms with Gasteiger partial charge in [0.15, 0.2) is 0 Å². The summed E-state index contributed by atoms with van der Waals surface area (Å²) >= 11 is 9.42. The summed E-state index contributed by atoms with van der Waals surface area (Å²) in [7, 11) is 0. The maximum absolute atomic E-state index is 12.5. The highest BCUT2D eigenvalue weighted by molar-refractivity contribution is 9.10. The molecule has 0 aliphatic carbocycles. The van der Waals surface area contributed by atoms with Gasteiger partial charge in [-0.15, -0.1) is 0 Å². The Morgan fingerprint density at radius 3 is 2.46 bits per heavy atom. The average Bonchev–Trinajstić information content (AvgIpc) is 3.05. The van der Waals surface area contributed by atoms with Crippen molar-refractivity contribution in [1.29, 1.82) is 0 Å². The molecule has 3 aromatic heterocycles. The number of hydrogen-bond donors (Lipinski definition) is 1. The predicted octanol–water partition coefficient (Wildman–Crippen LogP) is 4.53. The zero-order valence-electron chi connectivity index (χ0n) is 12.9. The van der Waals surface area contributed by atoms with E-state index in [2.05, 4.69) is 50.9 Å². The molecule has 0 amide bonds. The van der Waals surface area contributed by atoms with Crippen LogP contribution in [0.15, 0.2) is 33.7 Å². The van der Waals surface area contributed by atoms with Crippen LogP contribution in [0.4, 0.5) is 19.1 Å². The first kappa shape index (κ1) is 18.5. The van der Waals surface area contributed by atoms with E-state index in [-0.39, 0.29) is 23.4 Å². The monoisotopic (exact) mass is 448 g/mol. The molecule has 7 nitrogen and oxygen atoms in total. The topological polar surface area (TPSA) is 89.6 Å². The number of aromatic nitrogens is 5. The summed E-state index contributed by atoms with van der Waals surface area (Å²) < 4.78 is 42.4.